The van der Waals surface area contributed by atoms with Crippen molar-refractivity contribution in [2.24, 2.45) is 0 Å². The van der Waals surface area contributed by atoms with Crippen molar-refractivity contribution in [3.05, 3.63) is 35.4 Å². The van der Waals surface area contributed by atoms with E-state index in [0.717, 1.165) is 24.8 Å². The van der Waals surface area contributed by atoms with Crippen molar-refractivity contribution < 1.29 is 8.78 Å². The Morgan fingerprint density at radius 2 is 1.79 bits per heavy atom. The van der Waals surface area contributed by atoms with Crippen molar-refractivity contribution in [3.63, 3.8) is 0 Å². The number of rotatable bonds is 8. The fourth-order valence-electron chi connectivity index (χ4n) is 1.89. The summed E-state index contributed by atoms with van der Waals surface area (Å²) < 4.78 is 26.3. The Labute approximate surface area is 119 Å². The van der Waals surface area contributed by atoms with Gasteiger partial charge >= 0.3 is 0 Å². The van der Waals surface area contributed by atoms with Crippen LogP contribution in [0.3, 0.4) is 0 Å². The molecule has 108 valence electrons. The predicted molar refractivity (Wildman–Crippen MR) is 79.7 cm³/mol. The van der Waals surface area contributed by atoms with Crippen LogP contribution in [-0.4, -0.2) is 23.6 Å². The lowest BCUT2D eigenvalue weighted by Crippen LogP contribution is -2.33. The zero-order valence-corrected chi connectivity index (χ0v) is 12.7. The summed E-state index contributed by atoms with van der Waals surface area (Å²) in [7, 11) is 0. The highest BCUT2D eigenvalue weighted by Crippen LogP contribution is 2.17. The van der Waals surface area contributed by atoms with Crippen LogP contribution < -0.4 is 5.32 Å². The molecular formula is C15H23F2NS. The maximum Gasteiger partial charge on any atom is 0.126 e. The monoisotopic (exact) mass is 287 g/mol. The van der Waals surface area contributed by atoms with Crippen LogP contribution in [0.5, 0.6) is 0 Å². The molecule has 0 aliphatic heterocycles. The zero-order chi connectivity index (χ0) is 14.3. The van der Waals surface area contributed by atoms with Crippen LogP contribution in [0.15, 0.2) is 18.2 Å². The molecule has 2 atom stereocenters. The van der Waals surface area contributed by atoms with E-state index in [9.17, 15) is 8.78 Å². The first-order valence-electron chi connectivity index (χ1n) is 6.85. The second-order valence-electron chi connectivity index (χ2n) is 4.79. The zero-order valence-electron chi connectivity index (χ0n) is 11.9. The summed E-state index contributed by atoms with van der Waals surface area (Å²) in [6.45, 7) is 7.29. The standard InChI is InChI=1S/C15H23F2NS/c1-4-11(3)19-10-15(18-5-2)8-12-6-13(16)9-14(17)7-12/h6-7,9,11,15,18H,4-5,8,10H2,1-3H3. The quantitative estimate of drug-likeness (QED) is 0.775. The van der Waals surface area contributed by atoms with E-state index in [0.29, 0.717) is 17.2 Å². The van der Waals surface area contributed by atoms with Crippen molar-refractivity contribution in [2.45, 2.75) is 44.9 Å². The van der Waals surface area contributed by atoms with Gasteiger partial charge in [-0.1, -0.05) is 20.8 Å². The minimum absolute atomic E-state index is 0.255. The molecule has 1 nitrogen and oxygen atoms in total. The molecule has 0 saturated heterocycles. The number of halogens is 2. The van der Waals surface area contributed by atoms with Crippen molar-refractivity contribution in [1.29, 1.82) is 0 Å². The molecule has 0 radical (unpaired) electrons. The van der Waals surface area contributed by atoms with Gasteiger partial charge in [0.2, 0.25) is 0 Å². The van der Waals surface area contributed by atoms with E-state index in [1.54, 1.807) is 0 Å². The van der Waals surface area contributed by atoms with Crippen molar-refractivity contribution in [1.82, 2.24) is 5.32 Å². The Bertz CT molecular complexity index is 364. The predicted octanol–water partition coefficient (Wildman–Crippen LogP) is 4.02. The number of nitrogens with one attached hydrogen (secondary N) is 1. The van der Waals surface area contributed by atoms with Crippen LogP contribution in [0, 0.1) is 11.6 Å². The molecule has 2 unspecified atom stereocenters. The molecule has 4 heteroatoms. The lowest BCUT2D eigenvalue weighted by Gasteiger charge is -2.19. The number of benzene rings is 1. The lowest BCUT2D eigenvalue weighted by atomic mass is 10.1. The smallest absolute Gasteiger partial charge is 0.126 e. The van der Waals surface area contributed by atoms with Gasteiger partial charge < -0.3 is 5.32 Å². The highest BCUT2D eigenvalue weighted by Gasteiger charge is 2.12. The molecule has 1 aromatic rings. The summed E-state index contributed by atoms with van der Waals surface area (Å²) >= 11 is 1.90. The summed E-state index contributed by atoms with van der Waals surface area (Å²) in [4.78, 5) is 0. The molecule has 0 aliphatic rings. The maximum atomic E-state index is 13.2. The van der Waals surface area contributed by atoms with Gasteiger partial charge in [-0.15, -0.1) is 0 Å². The molecular weight excluding hydrogens is 264 g/mol. The van der Waals surface area contributed by atoms with Gasteiger partial charge in [0.25, 0.3) is 0 Å². The Morgan fingerprint density at radius 1 is 1.16 bits per heavy atom. The largest absolute Gasteiger partial charge is 0.313 e. The molecule has 0 fully saturated rings. The van der Waals surface area contributed by atoms with E-state index in [4.69, 9.17) is 0 Å². The molecule has 0 aliphatic carbocycles. The second kappa shape index (κ2) is 8.54. The van der Waals surface area contributed by atoms with Crippen LogP contribution in [0.25, 0.3) is 0 Å². The maximum absolute atomic E-state index is 13.2. The van der Waals surface area contributed by atoms with E-state index in [1.165, 1.54) is 12.1 Å². The first-order chi connectivity index (χ1) is 9.05. The fraction of sp³-hybridized carbons (Fsp3) is 0.600. The van der Waals surface area contributed by atoms with Crippen LogP contribution in [0.2, 0.25) is 0 Å². The van der Waals surface area contributed by atoms with Gasteiger partial charge in [0.15, 0.2) is 0 Å². The third-order valence-electron chi connectivity index (χ3n) is 3.05. The van der Waals surface area contributed by atoms with Gasteiger partial charge in [-0.2, -0.15) is 11.8 Å². The Hall–Kier alpha value is -0.610. The first-order valence-corrected chi connectivity index (χ1v) is 7.90. The highest BCUT2D eigenvalue weighted by atomic mass is 32.2. The van der Waals surface area contributed by atoms with E-state index in [1.807, 2.05) is 18.7 Å². The first kappa shape index (κ1) is 16.4. The van der Waals surface area contributed by atoms with Gasteiger partial charge in [-0.3, -0.25) is 0 Å². The van der Waals surface area contributed by atoms with Gasteiger partial charge in [0.1, 0.15) is 11.6 Å². The average molecular weight is 287 g/mol. The van der Waals surface area contributed by atoms with Crippen molar-refractivity contribution in [2.75, 3.05) is 12.3 Å². The summed E-state index contributed by atoms with van der Waals surface area (Å²) in [6, 6.07) is 4.01. The third kappa shape index (κ3) is 6.39. The minimum atomic E-state index is -0.500. The van der Waals surface area contributed by atoms with Gasteiger partial charge in [0, 0.05) is 23.1 Å². The molecule has 0 amide bonds. The molecule has 0 bridgehead atoms. The fourth-order valence-corrected chi connectivity index (χ4v) is 2.92. The Morgan fingerprint density at radius 3 is 2.32 bits per heavy atom. The van der Waals surface area contributed by atoms with Crippen LogP contribution in [0.4, 0.5) is 8.78 Å². The van der Waals surface area contributed by atoms with Gasteiger partial charge in [0.05, 0.1) is 0 Å². The summed E-state index contributed by atoms with van der Waals surface area (Å²) in [5.74, 6) is -0.0410. The highest BCUT2D eigenvalue weighted by molar-refractivity contribution is 7.99. The number of hydrogen-bond donors (Lipinski definition) is 1. The van der Waals surface area contributed by atoms with Gasteiger partial charge in [-0.25, -0.2) is 8.78 Å². The molecule has 19 heavy (non-hydrogen) atoms. The number of thioether (sulfide) groups is 1. The van der Waals surface area contributed by atoms with Crippen molar-refractivity contribution in [3.8, 4) is 0 Å². The minimum Gasteiger partial charge on any atom is -0.313 e. The van der Waals surface area contributed by atoms with E-state index in [2.05, 4.69) is 19.2 Å². The molecule has 0 heterocycles. The molecule has 1 aromatic carbocycles. The lowest BCUT2D eigenvalue weighted by molar-refractivity contribution is 0.554. The van der Waals surface area contributed by atoms with Crippen LogP contribution >= 0.6 is 11.8 Å². The third-order valence-corrected chi connectivity index (χ3v) is 4.55. The van der Waals surface area contributed by atoms with E-state index in [-0.39, 0.29) is 6.04 Å². The van der Waals surface area contributed by atoms with E-state index < -0.39 is 11.6 Å². The molecule has 0 spiro atoms. The van der Waals surface area contributed by atoms with Crippen molar-refractivity contribution >= 4 is 11.8 Å². The Kier molecular flexibility index (Phi) is 7.39. The summed E-state index contributed by atoms with van der Waals surface area (Å²) in [6.07, 6.45) is 1.80. The average Bonchev–Trinajstić information content (AvgIpc) is 2.34. The second-order valence-corrected chi connectivity index (χ2v) is 6.26. The van der Waals surface area contributed by atoms with Gasteiger partial charge in [-0.05, 0) is 37.1 Å². The SMILES string of the molecule is CCNC(CSC(C)CC)Cc1cc(F)cc(F)c1. The van der Waals surface area contributed by atoms with Crippen LogP contribution in [0.1, 0.15) is 32.8 Å². The molecule has 1 rings (SSSR count). The topological polar surface area (TPSA) is 12.0 Å². The normalized spacial score (nSPS) is 14.4. The molecule has 1 N–H and O–H groups in total. The van der Waals surface area contributed by atoms with E-state index >= 15 is 0 Å². The number of hydrogen-bond acceptors (Lipinski definition) is 2. The summed E-state index contributed by atoms with van der Waals surface area (Å²) in [5, 5.41) is 4.00. The Balaban J connectivity index is 2.61. The van der Waals surface area contributed by atoms with Crippen LogP contribution in [-0.2, 0) is 6.42 Å². The summed E-state index contributed by atoms with van der Waals surface area (Å²) in [5.41, 5.74) is 0.716. The number of likely N-dealkylation sites (N-methyl/N-ethyl adjacent to an activating group) is 1. The molecule has 0 aromatic heterocycles. The molecule has 0 saturated carbocycles.